The predicted molar refractivity (Wildman–Crippen MR) is 95.0 cm³/mol. The van der Waals surface area contributed by atoms with Crippen LogP contribution in [0.15, 0.2) is 22.7 Å². The maximum atomic E-state index is 6.41. The normalized spacial score (nSPS) is 22.6. The lowest BCUT2D eigenvalue weighted by Gasteiger charge is -2.23. The molecule has 2 nitrogen and oxygen atoms in total. The van der Waals surface area contributed by atoms with Gasteiger partial charge in [-0.05, 0) is 62.5 Å². The molecular formula is C17H26BrClN2. The molecule has 0 aromatic heterocycles. The highest BCUT2D eigenvalue weighted by Gasteiger charge is 2.33. The van der Waals surface area contributed by atoms with Crippen molar-refractivity contribution in [1.29, 1.82) is 0 Å². The van der Waals surface area contributed by atoms with E-state index in [2.05, 4.69) is 59.2 Å². The van der Waals surface area contributed by atoms with Crippen LogP contribution in [0.25, 0.3) is 0 Å². The number of halogens is 2. The highest BCUT2D eigenvalue weighted by atomic mass is 79.9. The quantitative estimate of drug-likeness (QED) is 0.708. The maximum absolute atomic E-state index is 6.41. The van der Waals surface area contributed by atoms with Gasteiger partial charge in [0.15, 0.2) is 0 Å². The molecule has 0 heterocycles. The summed E-state index contributed by atoms with van der Waals surface area (Å²) >= 11 is 9.88. The summed E-state index contributed by atoms with van der Waals surface area (Å²) in [5.74, 6) is 1.85. The van der Waals surface area contributed by atoms with E-state index in [1.54, 1.807) is 0 Å². The molecule has 1 aliphatic carbocycles. The Morgan fingerprint density at radius 2 is 2.19 bits per heavy atom. The van der Waals surface area contributed by atoms with Crippen LogP contribution in [-0.2, 0) is 0 Å². The molecule has 1 aromatic rings. The number of benzene rings is 1. The molecule has 1 N–H and O–H groups in total. The van der Waals surface area contributed by atoms with Gasteiger partial charge in [-0.1, -0.05) is 47.4 Å². The molecule has 0 spiro atoms. The van der Waals surface area contributed by atoms with Crippen molar-refractivity contribution >= 4 is 27.5 Å². The standard InChI is InChI=1S/C17H26BrClN2/c1-4-20-17(15-6-5-14(18)10-16(15)19)7-8-21(3)11-13-9-12(13)2/h5-6,10,12-13,17,20H,4,7-9,11H2,1-3H3. The van der Waals surface area contributed by atoms with Crippen molar-refractivity contribution in [2.24, 2.45) is 11.8 Å². The summed E-state index contributed by atoms with van der Waals surface area (Å²) < 4.78 is 1.03. The Balaban J connectivity index is 1.91. The molecule has 0 saturated heterocycles. The van der Waals surface area contributed by atoms with Gasteiger partial charge in [-0.3, -0.25) is 0 Å². The van der Waals surface area contributed by atoms with Crippen LogP contribution in [0.4, 0.5) is 0 Å². The lowest BCUT2D eigenvalue weighted by Crippen LogP contribution is -2.28. The minimum Gasteiger partial charge on any atom is -0.310 e. The van der Waals surface area contributed by atoms with Crippen LogP contribution in [0.3, 0.4) is 0 Å². The SMILES string of the molecule is CCNC(CCN(C)CC1CC1C)c1ccc(Br)cc1Cl. The molecule has 1 aromatic carbocycles. The summed E-state index contributed by atoms with van der Waals surface area (Å²) in [6.07, 6.45) is 2.49. The summed E-state index contributed by atoms with van der Waals surface area (Å²) in [6.45, 7) is 7.79. The third kappa shape index (κ3) is 5.24. The Bertz CT molecular complexity index is 466. The summed E-state index contributed by atoms with van der Waals surface area (Å²) in [5.41, 5.74) is 1.20. The van der Waals surface area contributed by atoms with E-state index in [4.69, 9.17) is 11.6 Å². The first-order valence-electron chi connectivity index (χ1n) is 7.88. The first kappa shape index (κ1) is 17.3. The Morgan fingerprint density at radius 3 is 2.76 bits per heavy atom. The van der Waals surface area contributed by atoms with Gasteiger partial charge in [0.25, 0.3) is 0 Å². The number of rotatable bonds is 8. The van der Waals surface area contributed by atoms with Crippen molar-refractivity contribution in [3.63, 3.8) is 0 Å². The highest BCUT2D eigenvalue weighted by Crippen LogP contribution is 2.38. The van der Waals surface area contributed by atoms with Gasteiger partial charge in [-0.15, -0.1) is 0 Å². The number of nitrogens with zero attached hydrogens (tertiary/aromatic N) is 1. The second kappa shape index (κ2) is 7.96. The summed E-state index contributed by atoms with van der Waals surface area (Å²) in [4.78, 5) is 2.46. The van der Waals surface area contributed by atoms with E-state index in [-0.39, 0.29) is 0 Å². The van der Waals surface area contributed by atoms with E-state index in [1.807, 2.05) is 6.07 Å². The lowest BCUT2D eigenvalue weighted by atomic mass is 10.0. The van der Waals surface area contributed by atoms with E-state index >= 15 is 0 Å². The second-order valence-electron chi connectivity index (χ2n) is 6.30. The predicted octanol–water partition coefficient (Wildman–Crippen LogP) is 4.73. The Labute approximate surface area is 142 Å². The first-order chi connectivity index (χ1) is 10.0. The lowest BCUT2D eigenvalue weighted by molar-refractivity contribution is 0.293. The van der Waals surface area contributed by atoms with Crippen LogP contribution in [0, 0.1) is 11.8 Å². The van der Waals surface area contributed by atoms with Crippen LogP contribution < -0.4 is 5.32 Å². The van der Waals surface area contributed by atoms with Crippen molar-refractivity contribution in [2.75, 3.05) is 26.7 Å². The summed E-state index contributed by atoms with van der Waals surface area (Å²) in [6, 6.07) is 6.51. The zero-order chi connectivity index (χ0) is 15.4. The topological polar surface area (TPSA) is 15.3 Å². The molecule has 3 unspecified atom stereocenters. The fourth-order valence-corrected chi connectivity index (χ4v) is 3.70. The van der Waals surface area contributed by atoms with Gasteiger partial charge in [0.2, 0.25) is 0 Å². The Kier molecular flexibility index (Phi) is 6.54. The van der Waals surface area contributed by atoms with Crippen LogP contribution in [0.5, 0.6) is 0 Å². The molecule has 4 heteroatoms. The van der Waals surface area contributed by atoms with Gasteiger partial charge in [-0.25, -0.2) is 0 Å². The van der Waals surface area contributed by atoms with E-state index < -0.39 is 0 Å². The van der Waals surface area contributed by atoms with Crippen molar-refractivity contribution in [3.8, 4) is 0 Å². The average Bonchev–Trinajstić information content (AvgIpc) is 3.10. The Hall–Kier alpha value is -0.0900. The fourth-order valence-electron chi connectivity index (χ4n) is 2.89. The first-order valence-corrected chi connectivity index (χ1v) is 9.05. The maximum Gasteiger partial charge on any atom is 0.0465 e. The van der Waals surface area contributed by atoms with Gasteiger partial charge in [0.1, 0.15) is 0 Å². The smallest absolute Gasteiger partial charge is 0.0465 e. The van der Waals surface area contributed by atoms with Gasteiger partial charge >= 0.3 is 0 Å². The molecule has 1 saturated carbocycles. The Morgan fingerprint density at radius 1 is 1.48 bits per heavy atom. The zero-order valence-electron chi connectivity index (χ0n) is 13.2. The van der Waals surface area contributed by atoms with E-state index in [1.165, 1.54) is 18.5 Å². The molecule has 118 valence electrons. The monoisotopic (exact) mass is 372 g/mol. The fraction of sp³-hybridized carbons (Fsp3) is 0.647. The minimum atomic E-state index is 0.328. The molecule has 0 aliphatic heterocycles. The van der Waals surface area contributed by atoms with Crippen LogP contribution in [-0.4, -0.2) is 31.6 Å². The summed E-state index contributed by atoms with van der Waals surface area (Å²) in [7, 11) is 2.23. The van der Waals surface area contributed by atoms with Crippen LogP contribution in [0.1, 0.15) is 38.3 Å². The molecule has 21 heavy (non-hydrogen) atoms. The van der Waals surface area contributed by atoms with Crippen molar-refractivity contribution < 1.29 is 0 Å². The number of hydrogen-bond acceptors (Lipinski definition) is 2. The molecule has 0 bridgehead atoms. The zero-order valence-corrected chi connectivity index (χ0v) is 15.5. The summed E-state index contributed by atoms with van der Waals surface area (Å²) in [5, 5.41) is 4.41. The second-order valence-corrected chi connectivity index (χ2v) is 7.62. The molecule has 0 amide bonds. The van der Waals surface area contributed by atoms with Gasteiger partial charge < -0.3 is 10.2 Å². The number of nitrogens with one attached hydrogen (secondary N) is 1. The van der Waals surface area contributed by atoms with Crippen molar-refractivity contribution in [2.45, 2.75) is 32.7 Å². The minimum absolute atomic E-state index is 0.328. The van der Waals surface area contributed by atoms with Crippen LogP contribution >= 0.6 is 27.5 Å². The van der Waals surface area contributed by atoms with Gasteiger partial charge in [0.05, 0.1) is 0 Å². The van der Waals surface area contributed by atoms with Crippen molar-refractivity contribution in [3.05, 3.63) is 33.3 Å². The molecule has 1 fully saturated rings. The third-order valence-corrected chi connectivity index (χ3v) is 5.23. The molecule has 0 radical (unpaired) electrons. The molecule has 3 atom stereocenters. The van der Waals surface area contributed by atoms with E-state index in [9.17, 15) is 0 Å². The van der Waals surface area contributed by atoms with Gasteiger partial charge in [0, 0.05) is 22.1 Å². The highest BCUT2D eigenvalue weighted by molar-refractivity contribution is 9.10. The third-order valence-electron chi connectivity index (χ3n) is 4.41. The molecular weight excluding hydrogens is 348 g/mol. The molecule has 1 aliphatic rings. The average molecular weight is 374 g/mol. The molecule has 2 rings (SSSR count). The van der Waals surface area contributed by atoms with Gasteiger partial charge in [-0.2, -0.15) is 0 Å². The largest absolute Gasteiger partial charge is 0.310 e. The number of hydrogen-bond donors (Lipinski definition) is 1. The van der Waals surface area contributed by atoms with Crippen molar-refractivity contribution in [1.82, 2.24) is 10.2 Å². The van der Waals surface area contributed by atoms with E-state index in [0.717, 1.165) is 40.8 Å². The van der Waals surface area contributed by atoms with Crippen LogP contribution in [0.2, 0.25) is 5.02 Å². The van der Waals surface area contributed by atoms with E-state index in [0.29, 0.717) is 6.04 Å².